The van der Waals surface area contributed by atoms with Crippen LogP contribution in [0.2, 0.25) is 10.0 Å². The molecule has 9 nitrogen and oxygen atoms in total. The Morgan fingerprint density at radius 3 is 2.20 bits per heavy atom. The Hall–Kier alpha value is -3.47. The lowest BCUT2D eigenvalue weighted by atomic mass is 9.94. The van der Waals surface area contributed by atoms with E-state index in [4.69, 9.17) is 32.7 Å². The lowest BCUT2D eigenvalue weighted by molar-refractivity contribution is -0.140. The smallest absolute Gasteiger partial charge is 0.244 e. The van der Waals surface area contributed by atoms with E-state index in [-0.39, 0.29) is 30.6 Å². The molecule has 0 aromatic heterocycles. The predicted octanol–water partition coefficient (Wildman–Crippen LogP) is 5.87. The number of methoxy groups -OCH3 is 2. The van der Waals surface area contributed by atoms with Crippen molar-refractivity contribution >= 4 is 50.7 Å². The maximum Gasteiger partial charge on any atom is 0.244 e. The molecule has 3 aromatic rings. The van der Waals surface area contributed by atoms with Gasteiger partial charge in [-0.25, -0.2) is 8.42 Å². The summed E-state index contributed by atoms with van der Waals surface area (Å²) in [6.07, 6.45) is 6.15. The van der Waals surface area contributed by atoms with E-state index in [2.05, 4.69) is 5.32 Å². The molecule has 242 valence electrons. The number of hydrogen-bond donors (Lipinski definition) is 1. The number of sulfonamides is 1. The highest BCUT2D eigenvalue weighted by Gasteiger charge is 2.34. The highest BCUT2D eigenvalue weighted by atomic mass is 35.5. The number of benzene rings is 3. The second-order valence-electron chi connectivity index (χ2n) is 11.1. The van der Waals surface area contributed by atoms with Gasteiger partial charge in [-0.05, 0) is 48.2 Å². The molecule has 0 bridgehead atoms. The van der Waals surface area contributed by atoms with Crippen LogP contribution in [0.15, 0.2) is 66.7 Å². The van der Waals surface area contributed by atoms with Gasteiger partial charge in [0.1, 0.15) is 12.6 Å². The van der Waals surface area contributed by atoms with Crippen molar-refractivity contribution in [2.75, 3.05) is 31.3 Å². The molecular weight excluding hydrogens is 637 g/mol. The number of ether oxygens (including phenoxy) is 2. The summed E-state index contributed by atoms with van der Waals surface area (Å²) >= 11 is 12.5. The van der Waals surface area contributed by atoms with Gasteiger partial charge in [0.2, 0.25) is 21.8 Å². The highest BCUT2D eigenvalue weighted by Crippen LogP contribution is 2.33. The zero-order valence-corrected chi connectivity index (χ0v) is 28.0. The molecule has 1 saturated carbocycles. The molecule has 1 aliphatic rings. The third kappa shape index (κ3) is 9.28. The number of rotatable bonds is 13. The van der Waals surface area contributed by atoms with Crippen LogP contribution >= 0.6 is 23.2 Å². The minimum atomic E-state index is -3.95. The summed E-state index contributed by atoms with van der Waals surface area (Å²) in [5.41, 5.74) is 1.70. The minimum Gasteiger partial charge on any atom is -0.493 e. The minimum absolute atomic E-state index is 0.00511. The van der Waals surface area contributed by atoms with Crippen molar-refractivity contribution < 1.29 is 27.5 Å². The van der Waals surface area contributed by atoms with Crippen molar-refractivity contribution in [1.29, 1.82) is 0 Å². The fourth-order valence-corrected chi connectivity index (χ4v) is 6.69. The maximum absolute atomic E-state index is 14.4. The number of carbonyl (C=O) groups excluding carboxylic acids is 2. The molecule has 0 saturated heterocycles. The van der Waals surface area contributed by atoms with E-state index in [0.29, 0.717) is 27.1 Å². The zero-order valence-electron chi connectivity index (χ0n) is 25.7. The van der Waals surface area contributed by atoms with Crippen LogP contribution in [0.25, 0.3) is 0 Å². The lowest BCUT2D eigenvalue weighted by Gasteiger charge is -2.35. The van der Waals surface area contributed by atoms with Crippen LogP contribution in [0.5, 0.6) is 11.5 Å². The molecule has 1 aliphatic carbocycles. The predicted molar refractivity (Wildman–Crippen MR) is 178 cm³/mol. The van der Waals surface area contributed by atoms with Gasteiger partial charge < -0.3 is 19.7 Å². The van der Waals surface area contributed by atoms with Crippen molar-refractivity contribution in [2.45, 2.75) is 57.2 Å². The summed E-state index contributed by atoms with van der Waals surface area (Å²) in [5, 5.41) is 3.84. The molecule has 3 aromatic carbocycles. The van der Waals surface area contributed by atoms with E-state index in [1.54, 1.807) is 24.3 Å². The first-order chi connectivity index (χ1) is 21.5. The average molecular weight is 677 g/mol. The van der Waals surface area contributed by atoms with Crippen LogP contribution < -0.4 is 19.1 Å². The second-order valence-corrected chi connectivity index (χ2v) is 13.8. The lowest BCUT2D eigenvalue weighted by Crippen LogP contribution is -2.55. The monoisotopic (exact) mass is 675 g/mol. The maximum atomic E-state index is 14.4. The summed E-state index contributed by atoms with van der Waals surface area (Å²) < 4.78 is 37.9. The van der Waals surface area contributed by atoms with Crippen molar-refractivity contribution in [3.63, 3.8) is 0 Å². The van der Waals surface area contributed by atoms with Gasteiger partial charge in [0.15, 0.2) is 11.5 Å². The van der Waals surface area contributed by atoms with Crippen molar-refractivity contribution in [3.8, 4) is 11.5 Å². The Morgan fingerprint density at radius 1 is 0.889 bits per heavy atom. The Bertz CT molecular complexity index is 1580. The molecular formula is C33H39Cl2N3O6S. The van der Waals surface area contributed by atoms with E-state index >= 15 is 0 Å². The molecule has 0 radical (unpaired) electrons. The summed E-state index contributed by atoms with van der Waals surface area (Å²) in [6, 6.07) is 18.1. The van der Waals surface area contributed by atoms with E-state index in [9.17, 15) is 18.0 Å². The molecule has 0 spiro atoms. The van der Waals surface area contributed by atoms with Gasteiger partial charge in [0, 0.05) is 25.1 Å². The van der Waals surface area contributed by atoms with Crippen LogP contribution in [0, 0.1) is 0 Å². The summed E-state index contributed by atoms with van der Waals surface area (Å²) in [5.74, 6) is -0.153. The van der Waals surface area contributed by atoms with Crippen LogP contribution in [-0.2, 0) is 32.6 Å². The number of carbonyl (C=O) groups is 2. The summed E-state index contributed by atoms with van der Waals surface area (Å²) in [4.78, 5) is 29.9. The summed E-state index contributed by atoms with van der Waals surface area (Å²) in [7, 11) is -1.04. The molecule has 0 heterocycles. The topological polar surface area (TPSA) is 105 Å². The van der Waals surface area contributed by atoms with Crippen molar-refractivity contribution in [1.82, 2.24) is 10.2 Å². The fourth-order valence-electron chi connectivity index (χ4n) is 5.53. The molecule has 45 heavy (non-hydrogen) atoms. The van der Waals surface area contributed by atoms with E-state index in [1.165, 1.54) is 31.3 Å². The number of nitrogens with zero attached hydrogens (tertiary/aromatic N) is 2. The Balaban J connectivity index is 1.75. The van der Waals surface area contributed by atoms with Crippen molar-refractivity contribution in [2.24, 2.45) is 0 Å². The van der Waals surface area contributed by atoms with Gasteiger partial charge >= 0.3 is 0 Å². The highest BCUT2D eigenvalue weighted by molar-refractivity contribution is 7.92. The van der Waals surface area contributed by atoms with E-state index < -0.39 is 28.5 Å². The normalized spacial score (nSPS) is 14.3. The molecule has 2 amide bonds. The quantitative estimate of drug-likeness (QED) is 0.243. The number of anilines is 1. The van der Waals surface area contributed by atoms with Gasteiger partial charge in [-0.1, -0.05) is 78.9 Å². The third-order valence-electron chi connectivity index (χ3n) is 7.89. The molecule has 0 aliphatic heterocycles. The Labute approximate surface area is 275 Å². The molecule has 0 unspecified atom stereocenters. The van der Waals surface area contributed by atoms with Gasteiger partial charge in [-0.15, -0.1) is 0 Å². The molecule has 1 N–H and O–H groups in total. The second kappa shape index (κ2) is 15.7. The van der Waals surface area contributed by atoms with Crippen molar-refractivity contribution in [3.05, 3.63) is 87.9 Å². The number of hydrogen-bond acceptors (Lipinski definition) is 6. The van der Waals surface area contributed by atoms with Gasteiger partial charge in [0.05, 0.1) is 36.2 Å². The standard InChI is InChI=1S/C33H39Cl2N3O6S/c1-43-30-17-15-26(20-31(30)44-2)38(45(3,41)42)22-32(39)37(21-24-14-16-27(34)28(35)18-24)29(19-23-10-6-4-7-11-23)33(40)36-25-12-8-5-9-13-25/h4,6-7,10-11,14-18,20,25,29H,5,8-9,12-13,19,21-22H2,1-3H3,(H,36,40)/t29-/m0/s1. The largest absolute Gasteiger partial charge is 0.493 e. The summed E-state index contributed by atoms with van der Waals surface area (Å²) in [6.45, 7) is -0.563. The molecule has 1 fully saturated rings. The Kier molecular flexibility index (Phi) is 12.0. The van der Waals surface area contributed by atoms with Gasteiger partial charge in [0.25, 0.3) is 0 Å². The SMILES string of the molecule is COc1ccc(N(CC(=O)N(Cc2ccc(Cl)c(Cl)c2)[C@@H](Cc2ccccc2)C(=O)NC2CCCCC2)S(C)(=O)=O)cc1OC. The molecule has 4 rings (SSSR count). The average Bonchev–Trinajstić information content (AvgIpc) is 3.03. The van der Waals surface area contributed by atoms with Gasteiger partial charge in [-0.2, -0.15) is 0 Å². The van der Waals surface area contributed by atoms with Crippen LogP contribution in [0.4, 0.5) is 5.69 Å². The van der Waals surface area contributed by atoms with Crippen LogP contribution in [0.3, 0.4) is 0 Å². The third-order valence-corrected chi connectivity index (χ3v) is 9.77. The first-order valence-electron chi connectivity index (χ1n) is 14.8. The van der Waals surface area contributed by atoms with Crippen LogP contribution in [-0.4, -0.2) is 64.2 Å². The fraction of sp³-hybridized carbons (Fsp3) is 0.394. The van der Waals surface area contributed by atoms with E-state index in [1.807, 2.05) is 30.3 Å². The number of nitrogens with one attached hydrogen (secondary N) is 1. The first-order valence-corrected chi connectivity index (χ1v) is 17.4. The zero-order chi connectivity index (χ0) is 32.6. The van der Waals surface area contributed by atoms with E-state index in [0.717, 1.165) is 48.2 Å². The Morgan fingerprint density at radius 2 is 1.58 bits per heavy atom. The number of halogens is 2. The number of amides is 2. The first kappa shape index (κ1) is 34.4. The molecule has 12 heteroatoms. The molecule has 1 atom stereocenters. The van der Waals surface area contributed by atoms with Gasteiger partial charge in [-0.3, -0.25) is 13.9 Å². The van der Waals surface area contributed by atoms with Crippen LogP contribution in [0.1, 0.15) is 43.2 Å².